The van der Waals surface area contributed by atoms with Crippen molar-refractivity contribution < 1.29 is 4.79 Å². The van der Waals surface area contributed by atoms with Crippen LogP contribution in [0.5, 0.6) is 0 Å². The second-order valence-corrected chi connectivity index (χ2v) is 7.54. The molecule has 0 bridgehead atoms. The summed E-state index contributed by atoms with van der Waals surface area (Å²) in [6, 6.07) is 0. The number of rotatable bonds is 4. The van der Waals surface area contributed by atoms with Crippen molar-refractivity contribution in [1.29, 1.82) is 0 Å². The summed E-state index contributed by atoms with van der Waals surface area (Å²) < 4.78 is 0. The number of carbonyl (C=O) groups is 1. The van der Waals surface area contributed by atoms with Gasteiger partial charge in [-0.05, 0) is 51.5 Å². The third-order valence-corrected chi connectivity index (χ3v) is 3.71. The van der Waals surface area contributed by atoms with Gasteiger partial charge in [-0.15, -0.1) is 0 Å². The molecule has 1 aliphatic heterocycles. The Morgan fingerprint density at radius 3 is 2.28 bits per heavy atom. The SMILES string of the molecule is CCC1(C(=O)NC(C)(C)CC(C)(C)C)CCCN1. The number of hydrogen-bond donors (Lipinski definition) is 2. The molecule has 0 spiro atoms. The molecule has 1 amide bonds. The number of amides is 1. The van der Waals surface area contributed by atoms with Gasteiger partial charge in [0, 0.05) is 5.54 Å². The predicted molar refractivity (Wildman–Crippen MR) is 76.6 cm³/mol. The van der Waals surface area contributed by atoms with Gasteiger partial charge in [0.15, 0.2) is 0 Å². The van der Waals surface area contributed by atoms with E-state index in [1.165, 1.54) is 0 Å². The van der Waals surface area contributed by atoms with Gasteiger partial charge in [-0.3, -0.25) is 4.79 Å². The Kier molecular flexibility index (Phi) is 4.47. The van der Waals surface area contributed by atoms with Crippen molar-refractivity contribution in [2.45, 2.75) is 78.3 Å². The van der Waals surface area contributed by atoms with E-state index in [2.05, 4.69) is 52.2 Å². The molecule has 1 aliphatic rings. The van der Waals surface area contributed by atoms with Crippen LogP contribution in [-0.2, 0) is 4.79 Å². The Bertz CT molecular complexity index is 296. The highest BCUT2D eigenvalue weighted by molar-refractivity contribution is 5.87. The average Bonchev–Trinajstić information content (AvgIpc) is 2.61. The number of nitrogens with one attached hydrogen (secondary N) is 2. The molecule has 1 heterocycles. The van der Waals surface area contributed by atoms with Gasteiger partial charge in [-0.2, -0.15) is 0 Å². The molecule has 0 saturated carbocycles. The zero-order chi connectivity index (χ0) is 14.0. The van der Waals surface area contributed by atoms with Gasteiger partial charge in [0.2, 0.25) is 5.91 Å². The lowest BCUT2D eigenvalue weighted by Gasteiger charge is -2.37. The minimum atomic E-state index is -0.324. The third kappa shape index (κ3) is 3.98. The molecule has 1 fully saturated rings. The lowest BCUT2D eigenvalue weighted by molar-refractivity contribution is -0.129. The van der Waals surface area contributed by atoms with E-state index >= 15 is 0 Å². The molecule has 1 unspecified atom stereocenters. The Morgan fingerprint density at radius 2 is 1.89 bits per heavy atom. The lowest BCUT2D eigenvalue weighted by Crippen LogP contribution is -2.58. The van der Waals surface area contributed by atoms with Crippen LogP contribution >= 0.6 is 0 Å². The van der Waals surface area contributed by atoms with Crippen LogP contribution in [0.1, 0.15) is 67.2 Å². The maximum absolute atomic E-state index is 12.5. The van der Waals surface area contributed by atoms with Crippen molar-refractivity contribution in [2.24, 2.45) is 5.41 Å². The summed E-state index contributed by atoms with van der Waals surface area (Å²) in [4.78, 5) is 12.5. The van der Waals surface area contributed by atoms with E-state index in [-0.39, 0.29) is 22.4 Å². The highest BCUT2D eigenvalue weighted by Crippen LogP contribution is 2.29. The number of hydrogen-bond acceptors (Lipinski definition) is 2. The summed E-state index contributed by atoms with van der Waals surface area (Å²) in [6.45, 7) is 13.9. The van der Waals surface area contributed by atoms with Crippen LogP contribution < -0.4 is 10.6 Å². The van der Waals surface area contributed by atoms with Crippen LogP contribution in [0, 0.1) is 5.41 Å². The quantitative estimate of drug-likeness (QED) is 0.810. The molecule has 18 heavy (non-hydrogen) atoms. The summed E-state index contributed by atoms with van der Waals surface area (Å²) in [5.41, 5.74) is -0.254. The molecular weight excluding hydrogens is 224 g/mol. The van der Waals surface area contributed by atoms with Gasteiger partial charge in [0.1, 0.15) is 0 Å². The first-order chi connectivity index (χ1) is 8.10. The van der Waals surface area contributed by atoms with Crippen molar-refractivity contribution in [3.63, 3.8) is 0 Å². The fourth-order valence-corrected chi connectivity index (χ4v) is 3.26. The molecule has 0 radical (unpaired) electrons. The largest absolute Gasteiger partial charge is 0.350 e. The van der Waals surface area contributed by atoms with Crippen LogP contribution in [-0.4, -0.2) is 23.5 Å². The normalized spacial score (nSPS) is 25.2. The Labute approximate surface area is 112 Å². The van der Waals surface area contributed by atoms with Crippen molar-refractivity contribution in [2.75, 3.05) is 6.54 Å². The molecule has 0 aromatic rings. The fraction of sp³-hybridized carbons (Fsp3) is 0.933. The zero-order valence-electron chi connectivity index (χ0n) is 12.9. The summed E-state index contributed by atoms with van der Waals surface area (Å²) in [5.74, 6) is 0.178. The maximum Gasteiger partial charge on any atom is 0.240 e. The first kappa shape index (κ1) is 15.5. The second-order valence-electron chi connectivity index (χ2n) is 7.54. The van der Waals surface area contributed by atoms with E-state index in [9.17, 15) is 4.79 Å². The second kappa shape index (κ2) is 5.20. The molecule has 2 N–H and O–H groups in total. The van der Waals surface area contributed by atoms with E-state index in [0.717, 1.165) is 32.2 Å². The van der Waals surface area contributed by atoms with Gasteiger partial charge in [-0.25, -0.2) is 0 Å². The van der Waals surface area contributed by atoms with Crippen molar-refractivity contribution in [3.05, 3.63) is 0 Å². The van der Waals surface area contributed by atoms with Crippen LogP contribution in [0.25, 0.3) is 0 Å². The molecule has 0 aromatic heterocycles. The summed E-state index contributed by atoms with van der Waals surface area (Å²) in [7, 11) is 0. The smallest absolute Gasteiger partial charge is 0.240 e. The number of carbonyl (C=O) groups excluding carboxylic acids is 1. The molecule has 1 saturated heterocycles. The molecule has 1 atom stereocenters. The first-order valence-corrected chi connectivity index (χ1v) is 7.18. The monoisotopic (exact) mass is 254 g/mol. The van der Waals surface area contributed by atoms with Crippen LogP contribution in [0.15, 0.2) is 0 Å². The van der Waals surface area contributed by atoms with Gasteiger partial charge < -0.3 is 10.6 Å². The van der Waals surface area contributed by atoms with Gasteiger partial charge >= 0.3 is 0 Å². The topological polar surface area (TPSA) is 41.1 Å². The molecular formula is C15H30N2O. The highest BCUT2D eigenvalue weighted by atomic mass is 16.2. The first-order valence-electron chi connectivity index (χ1n) is 7.18. The lowest BCUT2D eigenvalue weighted by atomic mass is 9.81. The molecule has 1 rings (SSSR count). The molecule has 3 heteroatoms. The minimum absolute atomic E-state index is 0.151. The van der Waals surface area contributed by atoms with Gasteiger partial charge in [0.25, 0.3) is 0 Å². The van der Waals surface area contributed by atoms with E-state index in [1.807, 2.05) is 0 Å². The van der Waals surface area contributed by atoms with E-state index in [4.69, 9.17) is 0 Å². The van der Waals surface area contributed by atoms with Gasteiger partial charge in [0.05, 0.1) is 5.54 Å². The van der Waals surface area contributed by atoms with E-state index in [0.29, 0.717) is 0 Å². The molecule has 0 aromatic carbocycles. The average molecular weight is 254 g/mol. The minimum Gasteiger partial charge on any atom is -0.350 e. The Morgan fingerprint density at radius 1 is 1.28 bits per heavy atom. The standard InChI is InChI=1S/C15H30N2O/c1-7-15(9-8-10-16-15)12(18)17-14(5,6)11-13(2,3)4/h16H,7-11H2,1-6H3,(H,17,18). The molecule has 0 aliphatic carbocycles. The third-order valence-electron chi connectivity index (χ3n) is 3.71. The summed E-state index contributed by atoms with van der Waals surface area (Å²) in [6.07, 6.45) is 3.90. The zero-order valence-corrected chi connectivity index (χ0v) is 12.9. The molecule has 106 valence electrons. The van der Waals surface area contributed by atoms with Gasteiger partial charge in [-0.1, -0.05) is 27.7 Å². The van der Waals surface area contributed by atoms with Crippen molar-refractivity contribution in [1.82, 2.24) is 10.6 Å². The highest BCUT2D eigenvalue weighted by Gasteiger charge is 2.41. The van der Waals surface area contributed by atoms with Crippen LogP contribution in [0.4, 0.5) is 0 Å². The summed E-state index contributed by atoms with van der Waals surface area (Å²) >= 11 is 0. The van der Waals surface area contributed by atoms with Crippen LogP contribution in [0.2, 0.25) is 0 Å². The van der Waals surface area contributed by atoms with E-state index < -0.39 is 0 Å². The van der Waals surface area contributed by atoms with Crippen molar-refractivity contribution in [3.8, 4) is 0 Å². The fourth-order valence-electron chi connectivity index (χ4n) is 3.26. The van der Waals surface area contributed by atoms with Crippen LogP contribution in [0.3, 0.4) is 0 Å². The Balaban J connectivity index is 2.68. The maximum atomic E-state index is 12.5. The van der Waals surface area contributed by atoms with E-state index in [1.54, 1.807) is 0 Å². The Hall–Kier alpha value is -0.570. The van der Waals surface area contributed by atoms with Crippen molar-refractivity contribution >= 4 is 5.91 Å². The molecule has 3 nitrogen and oxygen atoms in total. The predicted octanol–water partition coefficient (Wildman–Crippen LogP) is 2.85. The summed E-state index contributed by atoms with van der Waals surface area (Å²) in [5, 5.41) is 6.64.